The number of nitrogens with one attached hydrogen (secondary N) is 2. The van der Waals surface area contributed by atoms with Gasteiger partial charge in [-0.25, -0.2) is 4.68 Å². The van der Waals surface area contributed by atoms with Crippen LogP contribution < -0.4 is 10.6 Å². The molecule has 0 aliphatic heterocycles. The van der Waals surface area contributed by atoms with Crippen LogP contribution in [0.2, 0.25) is 0 Å². The van der Waals surface area contributed by atoms with Crippen molar-refractivity contribution in [2.75, 3.05) is 13.6 Å². The smallest absolute Gasteiger partial charge is 0.191 e. The maximum atomic E-state index is 4.43. The summed E-state index contributed by atoms with van der Waals surface area (Å²) >= 11 is 1.81. The first-order valence-corrected chi connectivity index (χ1v) is 9.15. The first-order valence-electron chi connectivity index (χ1n) is 8.33. The molecule has 7 heteroatoms. The first kappa shape index (κ1) is 20.4. The number of halogens is 1. The summed E-state index contributed by atoms with van der Waals surface area (Å²) in [5, 5.41) is 11.1. The number of rotatable bonds is 6. The molecule has 2 N–H and O–H groups in total. The van der Waals surface area contributed by atoms with Crippen molar-refractivity contribution < 1.29 is 0 Å². The number of para-hydroxylation sites is 1. The molecular formula is C19H24IN5S. The zero-order valence-electron chi connectivity index (χ0n) is 15.0. The maximum Gasteiger partial charge on any atom is 0.191 e. The zero-order chi connectivity index (χ0) is 17.5. The Bertz CT molecular complexity index is 825. The highest BCUT2D eigenvalue weighted by Gasteiger charge is 2.03. The van der Waals surface area contributed by atoms with Crippen molar-refractivity contribution in [3.05, 3.63) is 70.2 Å². The number of benzene rings is 1. The summed E-state index contributed by atoms with van der Waals surface area (Å²) in [6, 6.07) is 14.4. The third kappa shape index (κ3) is 5.84. The van der Waals surface area contributed by atoms with Gasteiger partial charge in [0, 0.05) is 29.5 Å². The first-order chi connectivity index (χ1) is 12.2. The fraction of sp³-hybridized carbons (Fsp3) is 0.263. The van der Waals surface area contributed by atoms with E-state index in [1.54, 1.807) is 18.4 Å². The molecule has 0 saturated heterocycles. The molecule has 0 fully saturated rings. The van der Waals surface area contributed by atoms with Gasteiger partial charge in [0.25, 0.3) is 0 Å². The Morgan fingerprint density at radius 1 is 1.15 bits per heavy atom. The molecule has 0 radical (unpaired) electrons. The van der Waals surface area contributed by atoms with Gasteiger partial charge in [-0.15, -0.1) is 35.3 Å². The Kier molecular flexibility index (Phi) is 8.11. The van der Waals surface area contributed by atoms with Gasteiger partial charge >= 0.3 is 0 Å². The zero-order valence-corrected chi connectivity index (χ0v) is 18.1. The summed E-state index contributed by atoms with van der Waals surface area (Å²) in [5.41, 5.74) is 2.27. The number of thiophene rings is 1. The summed E-state index contributed by atoms with van der Waals surface area (Å²) in [5.74, 6) is 0.821. The Morgan fingerprint density at radius 3 is 2.65 bits per heavy atom. The van der Waals surface area contributed by atoms with E-state index in [4.69, 9.17) is 0 Å². The molecule has 0 aliphatic rings. The van der Waals surface area contributed by atoms with Crippen LogP contribution in [-0.4, -0.2) is 29.3 Å². The van der Waals surface area contributed by atoms with E-state index in [1.165, 1.54) is 15.3 Å². The lowest BCUT2D eigenvalue weighted by atomic mass is 10.2. The molecule has 2 heterocycles. The van der Waals surface area contributed by atoms with Crippen molar-refractivity contribution in [2.45, 2.75) is 19.9 Å². The number of nitrogens with zero attached hydrogens (tertiary/aromatic N) is 3. The third-order valence-corrected chi connectivity index (χ3v) is 4.81. The van der Waals surface area contributed by atoms with E-state index < -0.39 is 0 Å². The van der Waals surface area contributed by atoms with Crippen LogP contribution in [0.4, 0.5) is 0 Å². The van der Waals surface area contributed by atoms with Gasteiger partial charge in [0.2, 0.25) is 0 Å². The van der Waals surface area contributed by atoms with Crippen LogP contribution in [0.25, 0.3) is 5.69 Å². The quantitative estimate of drug-likeness (QED) is 0.320. The van der Waals surface area contributed by atoms with Crippen molar-refractivity contribution in [3.8, 4) is 5.69 Å². The second kappa shape index (κ2) is 10.3. The summed E-state index contributed by atoms with van der Waals surface area (Å²) in [7, 11) is 1.79. The Balaban J connectivity index is 0.00000243. The number of hydrogen-bond acceptors (Lipinski definition) is 3. The van der Waals surface area contributed by atoms with Crippen LogP contribution in [0, 0.1) is 6.92 Å². The van der Waals surface area contributed by atoms with Crippen LogP contribution >= 0.6 is 35.3 Å². The number of guanidine groups is 1. The van der Waals surface area contributed by atoms with Gasteiger partial charge in [0.1, 0.15) is 0 Å². The van der Waals surface area contributed by atoms with E-state index >= 15 is 0 Å². The van der Waals surface area contributed by atoms with E-state index in [1.807, 2.05) is 41.2 Å². The normalized spacial score (nSPS) is 11.1. The van der Waals surface area contributed by atoms with Gasteiger partial charge in [-0.05, 0) is 43.2 Å². The molecule has 26 heavy (non-hydrogen) atoms. The molecule has 2 aromatic heterocycles. The second-order valence-corrected chi connectivity index (χ2v) is 7.12. The number of aliphatic imine (C=N–C) groups is 1. The fourth-order valence-corrected chi connectivity index (χ4v) is 3.34. The topological polar surface area (TPSA) is 54.2 Å². The average Bonchev–Trinajstić information content (AvgIpc) is 3.28. The summed E-state index contributed by atoms with van der Waals surface area (Å²) in [6.45, 7) is 3.73. The van der Waals surface area contributed by atoms with Gasteiger partial charge in [-0.1, -0.05) is 18.2 Å². The molecule has 0 amide bonds. The van der Waals surface area contributed by atoms with Crippen molar-refractivity contribution >= 4 is 41.3 Å². The number of aromatic nitrogens is 2. The average molecular weight is 481 g/mol. The van der Waals surface area contributed by atoms with Gasteiger partial charge in [0.15, 0.2) is 5.96 Å². The Morgan fingerprint density at radius 2 is 1.96 bits per heavy atom. The largest absolute Gasteiger partial charge is 0.356 e. The second-order valence-electron chi connectivity index (χ2n) is 5.74. The highest BCUT2D eigenvalue weighted by Crippen LogP contribution is 2.14. The van der Waals surface area contributed by atoms with Gasteiger partial charge in [0.05, 0.1) is 18.4 Å². The van der Waals surface area contributed by atoms with E-state index in [9.17, 15) is 0 Å². The highest BCUT2D eigenvalue weighted by molar-refractivity contribution is 14.0. The van der Waals surface area contributed by atoms with Crippen molar-refractivity contribution in [3.63, 3.8) is 0 Å². The SMILES string of the molecule is CN=C(NCCc1cnn(-c2ccccc2)c1)NCc1ccc(C)s1.I. The predicted molar refractivity (Wildman–Crippen MR) is 120 cm³/mol. The van der Waals surface area contributed by atoms with E-state index in [-0.39, 0.29) is 24.0 Å². The number of hydrogen-bond donors (Lipinski definition) is 2. The molecule has 3 rings (SSSR count). The van der Waals surface area contributed by atoms with Crippen LogP contribution in [-0.2, 0) is 13.0 Å². The molecule has 0 bridgehead atoms. The molecule has 1 aromatic carbocycles. The minimum atomic E-state index is 0. The van der Waals surface area contributed by atoms with Crippen molar-refractivity contribution in [2.24, 2.45) is 4.99 Å². The monoisotopic (exact) mass is 481 g/mol. The van der Waals surface area contributed by atoms with Gasteiger partial charge in [-0.3, -0.25) is 4.99 Å². The molecule has 0 saturated carbocycles. The van der Waals surface area contributed by atoms with Crippen molar-refractivity contribution in [1.82, 2.24) is 20.4 Å². The lowest BCUT2D eigenvalue weighted by molar-refractivity contribution is 0.799. The lowest BCUT2D eigenvalue weighted by Gasteiger charge is -2.10. The summed E-state index contributed by atoms with van der Waals surface area (Å²) in [4.78, 5) is 6.91. The van der Waals surface area contributed by atoms with E-state index in [0.717, 1.165) is 31.2 Å². The van der Waals surface area contributed by atoms with E-state index in [2.05, 4.69) is 46.0 Å². The predicted octanol–water partition coefficient (Wildman–Crippen LogP) is 3.77. The number of aryl methyl sites for hydroxylation is 1. The Hall–Kier alpha value is -1.87. The minimum Gasteiger partial charge on any atom is -0.356 e. The van der Waals surface area contributed by atoms with Crippen LogP contribution in [0.5, 0.6) is 0 Å². The third-order valence-electron chi connectivity index (χ3n) is 3.81. The molecule has 138 valence electrons. The van der Waals surface area contributed by atoms with Gasteiger partial charge in [-0.2, -0.15) is 5.10 Å². The molecule has 3 aromatic rings. The Labute approximate surface area is 175 Å². The van der Waals surface area contributed by atoms with Crippen LogP contribution in [0.15, 0.2) is 59.9 Å². The standard InChI is InChI=1S/C19H23N5S.HI/c1-15-8-9-18(25-15)13-22-19(20-2)21-11-10-16-12-23-24(14-16)17-6-4-3-5-7-17;/h3-9,12,14H,10-11,13H2,1-2H3,(H2,20,21,22);1H. The summed E-state index contributed by atoms with van der Waals surface area (Å²) < 4.78 is 1.90. The molecule has 5 nitrogen and oxygen atoms in total. The lowest BCUT2D eigenvalue weighted by Crippen LogP contribution is -2.37. The maximum absolute atomic E-state index is 4.43. The van der Waals surface area contributed by atoms with Crippen molar-refractivity contribution in [1.29, 1.82) is 0 Å². The van der Waals surface area contributed by atoms with Crippen LogP contribution in [0.1, 0.15) is 15.3 Å². The fourth-order valence-electron chi connectivity index (χ4n) is 2.51. The molecular weight excluding hydrogens is 457 g/mol. The molecule has 0 atom stereocenters. The minimum absolute atomic E-state index is 0. The van der Waals surface area contributed by atoms with E-state index in [0.29, 0.717) is 0 Å². The van der Waals surface area contributed by atoms with Crippen LogP contribution in [0.3, 0.4) is 0 Å². The molecule has 0 spiro atoms. The highest BCUT2D eigenvalue weighted by atomic mass is 127. The molecule has 0 unspecified atom stereocenters. The summed E-state index contributed by atoms with van der Waals surface area (Å²) in [6.07, 6.45) is 4.88. The van der Waals surface area contributed by atoms with Gasteiger partial charge < -0.3 is 10.6 Å². The molecule has 0 aliphatic carbocycles.